The lowest BCUT2D eigenvalue weighted by atomic mass is 9.96. The van der Waals surface area contributed by atoms with Gasteiger partial charge in [-0.2, -0.15) is 0 Å². The van der Waals surface area contributed by atoms with E-state index >= 15 is 0 Å². The number of aromatic nitrogens is 1. The zero-order valence-electron chi connectivity index (χ0n) is 21.6. The number of nitrogens with two attached hydrogens (primary N) is 1. The van der Waals surface area contributed by atoms with Crippen molar-refractivity contribution in [3.8, 4) is 0 Å². The van der Waals surface area contributed by atoms with E-state index in [1.807, 2.05) is 12.1 Å². The molecule has 2 amide bonds. The number of fused-ring (bicyclic) bond motifs is 2. The molecule has 2 aromatic rings. The first-order chi connectivity index (χ1) is 18.3. The van der Waals surface area contributed by atoms with Crippen molar-refractivity contribution in [1.82, 2.24) is 10.3 Å². The van der Waals surface area contributed by atoms with Gasteiger partial charge < -0.3 is 21.3 Å². The molecule has 2 aliphatic heterocycles. The number of nitrogens with one attached hydrogen (secondary N) is 2. The van der Waals surface area contributed by atoms with Crippen LogP contribution in [0, 0.1) is 11.8 Å². The second-order valence-corrected chi connectivity index (χ2v) is 11.8. The third kappa shape index (κ3) is 4.86. The summed E-state index contributed by atoms with van der Waals surface area (Å²) in [6.45, 7) is 2.06. The Morgan fingerprint density at radius 1 is 1.00 bits per heavy atom. The highest BCUT2D eigenvalue weighted by Gasteiger charge is 2.42. The summed E-state index contributed by atoms with van der Waals surface area (Å²) in [5.41, 5.74) is 7.38. The van der Waals surface area contributed by atoms with Crippen LogP contribution in [-0.2, 0) is 0 Å². The Hall–Kier alpha value is -3.13. The molecular formula is C29H34ClN5O3. The van der Waals surface area contributed by atoms with Crippen LogP contribution in [0.4, 0.5) is 11.5 Å². The van der Waals surface area contributed by atoms with E-state index in [1.165, 1.54) is 0 Å². The molecule has 2 unspecified atom stereocenters. The van der Waals surface area contributed by atoms with E-state index in [-0.39, 0.29) is 46.8 Å². The van der Waals surface area contributed by atoms with Crippen LogP contribution in [0.15, 0.2) is 30.5 Å². The van der Waals surface area contributed by atoms with Crippen molar-refractivity contribution < 1.29 is 14.4 Å². The van der Waals surface area contributed by atoms with Crippen LogP contribution in [0.2, 0.25) is 5.02 Å². The second-order valence-electron chi connectivity index (χ2n) is 11.5. The van der Waals surface area contributed by atoms with E-state index in [0.29, 0.717) is 28.3 Å². The van der Waals surface area contributed by atoms with Gasteiger partial charge in [-0.3, -0.25) is 14.4 Å². The highest BCUT2D eigenvalue weighted by atomic mass is 35.5. The Bertz CT molecular complexity index is 1260. The first kappa shape index (κ1) is 25.2. The van der Waals surface area contributed by atoms with E-state index in [4.69, 9.17) is 17.3 Å². The minimum absolute atomic E-state index is 0.0145. The minimum Gasteiger partial charge on any atom is -0.380 e. The number of rotatable bonds is 9. The topological polar surface area (TPSA) is 117 Å². The predicted molar refractivity (Wildman–Crippen MR) is 147 cm³/mol. The van der Waals surface area contributed by atoms with E-state index in [9.17, 15) is 14.4 Å². The van der Waals surface area contributed by atoms with Crippen molar-refractivity contribution in [3.05, 3.63) is 52.2 Å². The molecule has 1 aromatic heterocycles. The van der Waals surface area contributed by atoms with E-state index < -0.39 is 5.91 Å². The molecule has 2 saturated heterocycles. The summed E-state index contributed by atoms with van der Waals surface area (Å²) < 4.78 is 0. The number of hydrogen-bond acceptors (Lipinski definition) is 6. The van der Waals surface area contributed by atoms with Gasteiger partial charge in [0.15, 0.2) is 5.78 Å². The van der Waals surface area contributed by atoms with Gasteiger partial charge in [0.1, 0.15) is 5.82 Å². The second kappa shape index (κ2) is 9.88. The quantitative estimate of drug-likeness (QED) is 0.405. The number of anilines is 2. The van der Waals surface area contributed by atoms with Gasteiger partial charge >= 0.3 is 0 Å². The number of carbonyl (C=O) groups excluding carboxylic acids is 3. The Labute approximate surface area is 227 Å². The number of primary amides is 1. The summed E-state index contributed by atoms with van der Waals surface area (Å²) in [4.78, 5) is 44.8. The number of piperidine rings is 1. The third-order valence-corrected chi connectivity index (χ3v) is 9.06. The first-order valence-electron chi connectivity index (χ1n) is 13.8. The lowest BCUT2D eigenvalue weighted by molar-refractivity contribution is 0.0924. The molecule has 9 heteroatoms. The predicted octanol–water partition coefficient (Wildman–Crippen LogP) is 4.57. The average Bonchev–Trinajstić information content (AvgIpc) is 3.81. The van der Waals surface area contributed by atoms with Crippen molar-refractivity contribution in [2.75, 3.05) is 10.2 Å². The Morgan fingerprint density at radius 3 is 2.26 bits per heavy atom. The number of hydrogen-bond donors (Lipinski definition) is 3. The van der Waals surface area contributed by atoms with Crippen molar-refractivity contribution in [2.45, 2.75) is 82.5 Å². The van der Waals surface area contributed by atoms with Crippen LogP contribution >= 0.6 is 11.6 Å². The number of benzene rings is 1. The molecule has 38 heavy (non-hydrogen) atoms. The fourth-order valence-corrected chi connectivity index (χ4v) is 6.54. The van der Waals surface area contributed by atoms with E-state index in [2.05, 4.69) is 27.4 Å². The summed E-state index contributed by atoms with van der Waals surface area (Å²) >= 11 is 6.70. The molecule has 2 bridgehead atoms. The van der Waals surface area contributed by atoms with Crippen molar-refractivity contribution in [1.29, 1.82) is 0 Å². The summed E-state index contributed by atoms with van der Waals surface area (Å²) in [6.07, 6.45) is 9.68. The van der Waals surface area contributed by atoms with E-state index in [0.717, 1.165) is 57.2 Å². The summed E-state index contributed by atoms with van der Waals surface area (Å²) in [7, 11) is 0. The standard InChI is InChI=1S/C29H34ClN5O3/c1-15(16-2-3-16)33-26-23(28(31)37)10-9-22(25(26)30)29(38)34-19-12-20-7-8-21(13-19)35(20)24-11-6-18(14-32-24)27(36)17-4-5-17/h6,9-11,14-17,19-21,33H,2-5,7-8,12-13H2,1H3,(H2,31,37)(H,34,38)/t15?,19?,20-,21+. The number of ketones is 1. The summed E-state index contributed by atoms with van der Waals surface area (Å²) in [5.74, 6) is 1.01. The largest absolute Gasteiger partial charge is 0.380 e. The number of amides is 2. The first-order valence-corrected chi connectivity index (χ1v) is 14.2. The van der Waals surface area contributed by atoms with Gasteiger partial charge in [-0.05, 0) is 88.5 Å². The van der Waals surface area contributed by atoms with Crippen LogP contribution < -0.4 is 21.3 Å². The van der Waals surface area contributed by atoms with Gasteiger partial charge in [0.05, 0.1) is 21.8 Å². The molecule has 6 rings (SSSR count). The van der Waals surface area contributed by atoms with Gasteiger partial charge in [0.2, 0.25) is 0 Å². The van der Waals surface area contributed by atoms with Crippen LogP contribution in [-0.4, -0.2) is 46.7 Å². The van der Waals surface area contributed by atoms with Crippen LogP contribution in [0.3, 0.4) is 0 Å². The fraction of sp³-hybridized carbons (Fsp3) is 0.517. The Kier molecular flexibility index (Phi) is 6.54. The Morgan fingerprint density at radius 2 is 1.68 bits per heavy atom. The number of nitrogens with zero attached hydrogens (tertiary/aromatic N) is 2. The minimum atomic E-state index is -0.577. The zero-order valence-corrected chi connectivity index (χ0v) is 22.3. The molecule has 8 nitrogen and oxygen atoms in total. The molecule has 2 aliphatic carbocycles. The zero-order chi connectivity index (χ0) is 26.6. The lowest BCUT2D eigenvalue weighted by Crippen LogP contribution is -2.50. The maximum Gasteiger partial charge on any atom is 0.253 e. The van der Waals surface area contributed by atoms with Crippen LogP contribution in [0.25, 0.3) is 0 Å². The highest BCUT2D eigenvalue weighted by Crippen LogP contribution is 2.40. The SMILES string of the molecule is CC(Nc1c(C(N)=O)ccc(C(=O)NC2C[C@H]3CC[C@@H](C2)N3c2ccc(C(=O)C3CC3)cn2)c1Cl)C1CC1. The summed E-state index contributed by atoms with van der Waals surface area (Å²) in [6, 6.07) is 7.76. The molecule has 0 spiro atoms. The fourth-order valence-electron chi connectivity index (χ4n) is 6.24. The molecule has 3 heterocycles. The monoisotopic (exact) mass is 535 g/mol. The van der Waals surface area contributed by atoms with Gasteiger partial charge in [-0.15, -0.1) is 0 Å². The van der Waals surface area contributed by atoms with E-state index in [1.54, 1.807) is 18.3 Å². The number of Topliss-reactive ketones (excluding diaryl/α,β-unsaturated/α-hetero) is 1. The average molecular weight is 536 g/mol. The molecular weight excluding hydrogens is 502 g/mol. The maximum atomic E-state index is 13.3. The smallest absolute Gasteiger partial charge is 0.253 e. The molecule has 4 atom stereocenters. The highest BCUT2D eigenvalue weighted by molar-refractivity contribution is 6.37. The van der Waals surface area contributed by atoms with Gasteiger partial charge in [0, 0.05) is 41.8 Å². The van der Waals surface area contributed by atoms with Crippen LogP contribution in [0.5, 0.6) is 0 Å². The van der Waals surface area contributed by atoms with Crippen molar-refractivity contribution in [3.63, 3.8) is 0 Å². The molecule has 4 aliphatic rings. The maximum absolute atomic E-state index is 13.3. The molecule has 0 radical (unpaired) electrons. The molecule has 1 aromatic carbocycles. The number of halogens is 1. The molecule has 200 valence electrons. The summed E-state index contributed by atoms with van der Waals surface area (Å²) in [5, 5.41) is 6.77. The van der Waals surface area contributed by atoms with Crippen molar-refractivity contribution in [2.24, 2.45) is 17.6 Å². The molecule has 4 N–H and O–H groups in total. The normalized spacial score (nSPS) is 25.1. The van der Waals surface area contributed by atoms with Gasteiger partial charge in [-0.25, -0.2) is 4.98 Å². The molecule has 2 saturated carbocycles. The lowest BCUT2D eigenvalue weighted by Gasteiger charge is -2.40. The van der Waals surface area contributed by atoms with Gasteiger partial charge in [-0.1, -0.05) is 11.6 Å². The number of pyridine rings is 1. The number of carbonyl (C=O) groups is 3. The third-order valence-electron chi connectivity index (χ3n) is 8.67. The van der Waals surface area contributed by atoms with Crippen LogP contribution in [0.1, 0.15) is 89.4 Å². The molecule has 4 fully saturated rings. The van der Waals surface area contributed by atoms with Crippen molar-refractivity contribution >= 4 is 40.7 Å². The van der Waals surface area contributed by atoms with Gasteiger partial charge in [0.25, 0.3) is 11.8 Å². The Balaban J connectivity index is 1.14.